The first-order chi connectivity index (χ1) is 12.3. The lowest BCUT2D eigenvalue weighted by atomic mass is 9.87. The standard InChI is InChI=1S/C12H18.C6H14O4.CH2O2/c1-3-7-11(8-4-1)12-9-5-2-6-10-12;7-1-3-9-5-6-10-4-2-8;2-1-3/h7,9H,1-6,8,10H2;7-8H,1-6H2;1H,(H,2,3). The van der Waals surface area contributed by atoms with Gasteiger partial charge in [-0.2, -0.15) is 0 Å². The van der Waals surface area contributed by atoms with E-state index in [1.807, 2.05) is 0 Å². The first-order valence-electron chi connectivity index (χ1n) is 9.13. The highest BCUT2D eigenvalue weighted by Gasteiger charge is 2.10. The lowest BCUT2D eigenvalue weighted by Crippen LogP contribution is -2.09. The Balaban J connectivity index is 0.000000406. The molecule has 0 aliphatic heterocycles. The highest BCUT2D eigenvalue weighted by molar-refractivity contribution is 5.33. The number of allylic oxidation sites excluding steroid dienone is 4. The molecule has 0 atom stereocenters. The van der Waals surface area contributed by atoms with Crippen LogP contribution in [0.25, 0.3) is 0 Å². The lowest BCUT2D eigenvalue weighted by molar-refractivity contribution is -0.122. The van der Waals surface area contributed by atoms with Crippen LogP contribution >= 0.6 is 0 Å². The van der Waals surface area contributed by atoms with Crippen LogP contribution in [0, 0.1) is 0 Å². The molecular formula is C19H34O6. The van der Waals surface area contributed by atoms with Gasteiger partial charge in [0.05, 0.1) is 39.6 Å². The van der Waals surface area contributed by atoms with Gasteiger partial charge in [0, 0.05) is 0 Å². The van der Waals surface area contributed by atoms with Gasteiger partial charge in [-0.15, -0.1) is 0 Å². The Morgan fingerprint density at radius 2 is 1.20 bits per heavy atom. The summed E-state index contributed by atoms with van der Waals surface area (Å²) in [5.74, 6) is 0. The van der Waals surface area contributed by atoms with Crippen LogP contribution in [-0.2, 0) is 14.3 Å². The van der Waals surface area contributed by atoms with Crippen LogP contribution in [0.4, 0.5) is 0 Å². The van der Waals surface area contributed by atoms with Crippen molar-refractivity contribution in [3.05, 3.63) is 23.3 Å². The fourth-order valence-electron chi connectivity index (χ4n) is 2.71. The predicted octanol–water partition coefficient (Wildman–Crippen LogP) is 2.69. The van der Waals surface area contributed by atoms with Crippen molar-refractivity contribution in [2.75, 3.05) is 39.6 Å². The summed E-state index contributed by atoms with van der Waals surface area (Å²) in [6, 6.07) is 0. The van der Waals surface area contributed by atoms with Gasteiger partial charge in [0.1, 0.15) is 0 Å². The molecule has 3 N–H and O–H groups in total. The van der Waals surface area contributed by atoms with Crippen molar-refractivity contribution in [2.45, 2.75) is 51.4 Å². The van der Waals surface area contributed by atoms with Crippen molar-refractivity contribution >= 4 is 6.47 Å². The Hall–Kier alpha value is -1.21. The van der Waals surface area contributed by atoms with E-state index in [1.165, 1.54) is 51.4 Å². The molecule has 0 fully saturated rings. The third-order valence-electron chi connectivity index (χ3n) is 3.84. The average Bonchev–Trinajstić information content (AvgIpc) is 2.67. The van der Waals surface area contributed by atoms with E-state index < -0.39 is 0 Å². The van der Waals surface area contributed by atoms with Crippen LogP contribution in [0.2, 0.25) is 0 Å². The van der Waals surface area contributed by atoms with Gasteiger partial charge < -0.3 is 24.8 Å². The minimum absolute atomic E-state index is 0.0417. The van der Waals surface area contributed by atoms with Crippen molar-refractivity contribution in [1.29, 1.82) is 0 Å². The van der Waals surface area contributed by atoms with Gasteiger partial charge in [-0.3, -0.25) is 4.79 Å². The Morgan fingerprint density at radius 3 is 1.48 bits per heavy atom. The molecule has 6 heteroatoms. The Labute approximate surface area is 151 Å². The van der Waals surface area contributed by atoms with Crippen LogP contribution in [0.15, 0.2) is 23.3 Å². The maximum Gasteiger partial charge on any atom is 0.290 e. The van der Waals surface area contributed by atoms with Gasteiger partial charge >= 0.3 is 0 Å². The summed E-state index contributed by atoms with van der Waals surface area (Å²) in [5, 5.41) is 23.4. The number of hydrogen-bond donors (Lipinski definition) is 3. The normalized spacial score (nSPS) is 16.4. The van der Waals surface area contributed by atoms with Crippen LogP contribution in [0.3, 0.4) is 0 Å². The molecule has 0 saturated carbocycles. The molecule has 0 heterocycles. The zero-order valence-corrected chi connectivity index (χ0v) is 15.2. The molecule has 146 valence electrons. The molecule has 0 aromatic carbocycles. The number of hydrogen-bond acceptors (Lipinski definition) is 5. The third-order valence-corrected chi connectivity index (χ3v) is 3.84. The largest absolute Gasteiger partial charge is 0.483 e. The molecule has 0 spiro atoms. The first kappa shape index (κ1) is 23.8. The number of rotatable bonds is 8. The van der Waals surface area contributed by atoms with Crippen LogP contribution < -0.4 is 0 Å². The SMILES string of the molecule is C1=C(C2=CCCCC2)CCCC1.O=CO.OCCOCCOCCO. The molecule has 0 amide bonds. The zero-order valence-electron chi connectivity index (χ0n) is 15.2. The zero-order chi connectivity index (χ0) is 18.6. The molecule has 0 bridgehead atoms. The van der Waals surface area contributed by atoms with Crippen molar-refractivity contribution in [2.24, 2.45) is 0 Å². The quantitative estimate of drug-likeness (QED) is 0.456. The molecular weight excluding hydrogens is 324 g/mol. The van der Waals surface area contributed by atoms with Gasteiger partial charge in [0.15, 0.2) is 0 Å². The summed E-state index contributed by atoms with van der Waals surface area (Å²) < 4.78 is 9.75. The number of carbonyl (C=O) groups is 1. The second-order valence-electron chi connectivity index (χ2n) is 5.73. The fraction of sp³-hybridized carbons (Fsp3) is 0.737. The van der Waals surface area contributed by atoms with Gasteiger partial charge in [0.2, 0.25) is 0 Å². The Kier molecular flexibility index (Phi) is 18.2. The minimum atomic E-state index is -0.250. The molecule has 2 aliphatic carbocycles. The van der Waals surface area contributed by atoms with E-state index in [-0.39, 0.29) is 19.7 Å². The Bertz CT molecular complexity index is 333. The maximum atomic E-state index is 8.36. The first-order valence-corrected chi connectivity index (χ1v) is 9.13. The summed E-state index contributed by atoms with van der Waals surface area (Å²) in [7, 11) is 0. The summed E-state index contributed by atoms with van der Waals surface area (Å²) >= 11 is 0. The number of aliphatic hydroxyl groups is 2. The number of ether oxygens (including phenoxy) is 2. The van der Waals surface area contributed by atoms with Gasteiger partial charge in [-0.05, 0) is 62.5 Å². The third kappa shape index (κ3) is 14.8. The summed E-state index contributed by atoms with van der Waals surface area (Å²) in [6.45, 7) is 1.48. The maximum absolute atomic E-state index is 8.36. The van der Waals surface area contributed by atoms with Crippen molar-refractivity contribution in [3.63, 3.8) is 0 Å². The second kappa shape index (κ2) is 19.1. The monoisotopic (exact) mass is 358 g/mol. The smallest absolute Gasteiger partial charge is 0.290 e. The average molecular weight is 358 g/mol. The van der Waals surface area contributed by atoms with E-state index in [9.17, 15) is 0 Å². The molecule has 0 radical (unpaired) electrons. The highest BCUT2D eigenvalue weighted by atomic mass is 16.5. The van der Waals surface area contributed by atoms with Crippen molar-refractivity contribution in [1.82, 2.24) is 0 Å². The molecule has 6 nitrogen and oxygen atoms in total. The number of aliphatic hydroxyl groups excluding tert-OH is 2. The predicted molar refractivity (Wildman–Crippen MR) is 97.6 cm³/mol. The molecule has 25 heavy (non-hydrogen) atoms. The summed E-state index contributed by atoms with van der Waals surface area (Å²) in [4.78, 5) is 8.36. The van der Waals surface area contributed by atoms with E-state index in [1.54, 1.807) is 11.1 Å². The van der Waals surface area contributed by atoms with E-state index >= 15 is 0 Å². The molecule has 2 rings (SSSR count). The van der Waals surface area contributed by atoms with E-state index in [0.29, 0.717) is 26.4 Å². The van der Waals surface area contributed by atoms with Gasteiger partial charge in [-0.25, -0.2) is 0 Å². The molecule has 2 aliphatic rings. The van der Waals surface area contributed by atoms with Crippen LogP contribution in [0.5, 0.6) is 0 Å². The molecule has 0 saturated heterocycles. The van der Waals surface area contributed by atoms with Gasteiger partial charge in [-0.1, -0.05) is 12.2 Å². The van der Waals surface area contributed by atoms with Crippen molar-refractivity contribution < 1.29 is 29.6 Å². The molecule has 0 aromatic heterocycles. The van der Waals surface area contributed by atoms with Crippen molar-refractivity contribution in [3.8, 4) is 0 Å². The molecule has 0 aromatic rings. The van der Waals surface area contributed by atoms with E-state index in [4.69, 9.17) is 29.6 Å². The van der Waals surface area contributed by atoms with Crippen LogP contribution in [-0.4, -0.2) is 61.4 Å². The highest BCUT2D eigenvalue weighted by Crippen LogP contribution is 2.30. The lowest BCUT2D eigenvalue weighted by Gasteiger charge is -2.19. The second-order valence-corrected chi connectivity index (χ2v) is 5.73. The minimum Gasteiger partial charge on any atom is -0.483 e. The Morgan fingerprint density at radius 1 is 0.800 bits per heavy atom. The van der Waals surface area contributed by atoms with E-state index in [0.717, 1.165) is 0 Å². The van der Waals surface area contributed by atoms with Crippen LogP contribution in [0.1, 0.15) is 51.4 Å². The fourth-order valence-corrected chi connectivity index (χ4v) is 2.71. The topological polar surface area (TPSA) is 96.2 Å². The summed E-state index contributed by atoms with van der Waals surface area (Å²) in [5.41, 5.74) is 3.36. The number of carboxylic acid groups (broad SMARTS) is 1. The molecule has 0 unspecified atom stereocenters. The summed E-state index contributed by atoms with van der Waals surface area (Å²) in [6.07, 6.45) is 16.0. The van der Waals surface area contributed by atoms with E-state index in [2.05, 4.69) is 12.2 Å². The van der Waals surface area contributed by atoms with Gasteiger partial charge in [0.25, 0.3) is 6.47 Å².